The minimum absolute atomic E-state index is 0.0156. The Bertz CT molecular complexity index is 306. The molecule has 0 spiro atoms. The fourth-order valence-electron chi connectivity index (χ4n) is 1.29. The van der Waals surface area contributed by atoms with Crippen LogP contribution in [0, 0.1) is 5.92 Å². The molecule has 0 N–H and O–H groups in total. The van der Waals surface area contributed by atoms with Crippen molar-refractivity contribution in [1.82, 2.24) is 0 Å². The summed E-state index contributed by atoms with van der Waals surface area (Å²) >= 11 is 1.51. The van der Waals surface area contributed by atoms with Gasteiger partial charge < -0.3 is 0 Å². The number of hydrogen-bond donors (Lipinski definition) is 0. The highest BCUT2D eigenvalue weighted by Gasteiger charge is 2.34. The van der Waals surface area contributed by atoms with E-state index >= 15 is 0 Å². The number of allylic oxidation sites excluding steroid dienone is 1. The lowest BCUT2D eigenvalue weighted by molar-refractivity contribution is -0.127. The maximum Gasteiger partial charge on any atom is 0.174 e. The summed E-state index contributed by atoms with van der Waals surface area (Å²) in [7, 11) is 0. The van der Waals surface area contributed by atoms with Gasteiger partial charge in [-0.25, -0.2) is 0 Å². The first kappa shape index (κ1) is 7.73. The van der Waals surface area contributed by atoms with E-state index in [1.165, 1.54) is 24.0 Å². The van der Waals surface area contributed by atoms with E-state index in [4.69, 9.17) is 0 Å². The van der Waals surface area contributed by atoms with Crippen LogP contribution in [-0.4, -0.2) is 22.4 Å². The monoisotopic (exact) mass is 181 g/mol. The van der Waals surface area contributed by atoms with Gasteiger partial charge in [0.2, 0.25) is 0 Å². The Morgan fingerprint density at radius 3 is 3.08 bits per heavy atom. The largest absolute Gasteiger partial charge is 0.298 e. The van der Waals surface area contributed by atoms with Crippen molar-refractivity contribution in [3.63, 3.8) is 0 Å². The van der Waals surface area contributed by atoms with Crippen LogP contribution in [0.2, 0.25) is 0 Å². The van der Waals surface area contributed by atoms with Gasteiger partial charge in [0.15, 0.2) is 11.6 Å². The summed E-state index contributed by atoms with van der Waals surface area (Å²) in [6.45, 7) is 0. The topological polar surface area (TPSA) is 46.5 Å². The summed E-state index contributed by atoms with van der Waals surface area (Å²) < 4.78 is 0. The van der Waals surface area contributed by atoms with E-state index in [1.807, 2.05) is 0 Å². The molecule has 0 aromatic rings. The van der Waals surface area contributed by atoms with Crippen LogP contribution in [-0.2, 0) is 9.59 Å². The van der Waals surface area contributed by atoms with Crippen LogP contribution in [0.15, 0.2) is 17.3 Å². The second-order valence-electron chi connectivity index (χ2n) is 2.68. The Morgan fingerprint density at radius 2 is 2.33 bits per heavy atom. The third-order valence-corrected chi connectivity index (χ3v) is 2.94. The Labute approximate surface area is 73.9 Å². The number of rotatable bonds is 0. The summed E-state index contributed by atoms with van der Waals surface area (Å²) in [6.07, 6.45) is 3.34. The van der Waals surface area contributed by atoms with Crippen molar-refractivity contribution in [3.05, 3.63) is 12.3 Å². The van der Waals surface area contributed by atoms with Gasteiger partial charge in [0, 0.05) is 24.4 Å². The normalized spacial score (nSPS) is 28.3. The summed E-state index contributed by atoms with van der Waals surface area (Å²) in [5.74, 6) is 0.0998. The lowest BCUT2D eigenvalue weighted by Crippen LogP contribution is -2.34. The highest BCUT2D eigenvalue weighted by Crippen LogP contribution is 2.26. The number of thioether (sulfide) groups is 1. The van der Waals surface area contributed by atoms with Crippen LogP contribution >= 0.6 is 11.8 Å². The lowest BCUT2D eigenvalue weighted by atomic mass is 9.96. The summed E-state index contributed by atoms with van der Waals surface area (Å²) in [4.78, 5) is 26.5. The van der Waals surface area contributed by atoms with Gasteiger partial charge in [0.05, 0.1) is 5.04 Å². The molecule has 2 aliphatic heterocycles. The third-order valence-electron chi connectivity index (χ3n) is 1.89. The molecule has 12 heavy (non-hydrogen) atoms. The molecule has 2 rings (SSSR count). The molecule has 0 radical (unpaired) electrons. The van der Waals surface area contributed by atoms with Gasteiger partial charge in [-0.2, -0.15) is 0 Å². The molecule has 0 aromatic carbocycles. The van der Waals surface area contributed by atoms with Gasteiger partial charge in [-0.1, -0.05) is 0 Å². The van der Waals surface area contributed by atoms with Crippen LogP contribution in [0.25, 0.3) is 0 Å². The van der Waals surface area contributed by atoms with Gasteiger partial charge in [-0.3, -0.25) is 14.6 Å². The maximum atomic E-state index is 11.3. The molecule has 1 saturated heterocycles. The molecule has 62 valence electrons. The number of Topliss-reactive ketones (excluding diaryl/α,β-unsaturated/α-hetero) is 1. The number of carbonyl (C=O) groups is 2. The first-order chi connectivity index (χ1) is 5.79. The van der Waals surface area contributed by atoms with E-state index in [1.54, 1.807) is 0 Å². The van der Waals surface area contributed by atoms with E-state index in [0.717, 1.165) is 5.75 Å². The lowest BCUT2D eigenvalue weighted by Gasteiger charge is -2.21. The van der Waals surface area contributed by atoms with Gasteiger partial charge >= 0.3 is 0 Å². The molecule has 2 aliphatic rings. The van der Waals surface area contributed by atoms with Gasteiger partial charge in [0.1, 0.15) is 5.92 Å². The van der Waals surface area contributed by atoms with Crippen LogP contribution in [0.5, 0.6) is 0 Å². The highest BCUT2D eigenvalue weighted by atomic mass is 32.2. The number of aliphatic imine (C=N–C) groups is 1. The second-order valence-corrected chi connectivity index (χ2v) is 3.80. The van der Waals surface area contributed by atoms with E-state index in [2.05, 4.69) is 4.99 Å². The fraction of sp³-hybridized carbons (Fsp3) is 0.375. The predicted octanol–water partition coefficient (Wildman–Crippen LogP) is 0.803. The molecule has 0 bridgehead atoms. The number of hydrogen-bond acceptors (Lipinski definition) is 4. The molecular formula is C8H7NO2S. The fourth-order valence-corrected chi connectivity index (χ4v) is 2.36. The SMILES string of the molecule is O=C1C=CN=C2SCCC(=O)C12. The molecule has 0 aliphatic carbocycles. The van der Waals surface area contributed by atoms with E-state index in [0.29, 0.717) is 11.5 Å². The van der Waals surface area contributed by atoms with Crippen molar-refractivity contribution in [2.24, 2.45) is 10.9 Å². The average molecular weight is 181 g/mol. The van der Waals surface area contributed by atoms with Crippen LogP contribution < -0.4 is 0 Å². The molecule has 0 saturated carbocycles. The Hall–Kier alpha value is -0.900. The number of nitrogens with zero attached hydrogens (tertiary/aromatic N) is 1. The van der Waals surface area contributed by atoms with Crippen LogP contribution in [0.4, 0.5) is 0 Å². The van der Waals surface area contributed by atoms with Crippen molar-refractivity contribution in [3.8, 4) is 0 Å². The van der Waals surface area contributed by atoms with Gasteiger partial charge in [0.25, 0.3) is 0 Å². The number of fused-ring (bicyclic) bond motifs is 1. The Kier molecular flexibility index (Phi) is 1.84. The molecule has 1 fully saturated rings. The molecule has 2 heterocycles. The molecule has 4 heteroatoms. The Balaban J connectivity index is 2.35. The molecule has 0 amide bonds. The first-order valence-corrected chi connectivity index (χ1v) is 4.71. The van der Waals surface area contributed by atoms with E-state index in [-0.39, 0.29) is 11.6 Å². The highest BCUT2D eigenvalue weighted by molar-refractivity contribution is 8.14. The predicted molar refractivity (Wildman–Crippen MR) is 47.2 cm³/mol. The number of carbonyl (C=O) groups excluding carboxylic acids is 2. The van der Waals surface area contributed by atoms with Crippen molar-refractivity contribution in [2.45, 2.75) is 6.42 Å². The first-order valence-electron chi connectivity index (χ1n) is 3.72. The summed E-state index contributed by atoms with van der Waals surface area (Å²) in [5.41, 5.74) is 0. The van der Waals surface area contributed by atoms with E-state index < -0.39 is 5.92 Å². The molecule has 0 aromatic heterocycles. The number of ketones is 2. The minimum Gasteiger partial charge on any atom is -0.298 e. The molecule has 1 atom stereocenters. The standard InChI is InChI=1S/C8H7NO2S/c10-5-1-3-9-8-7(5)6(11)2-4-12-8/h1,3,7H,2,4H2. The van der Waals surface area contributed by atoms with Crippen molar-refractivity contribution >= 4 is 28.4 Å². The quantitative estimate of drug-likeness (QED) is 0.519. The summed E-state index contributed by atoms with van der Waals surface area (Å²) in [6, 6.07) is 0. The minimum atomic E-state index is -0.561. The van der Waals surface area contributed by atoms with Crippen molar-refractivity contribution < 1.29 is 9.59 Å². The zero-order valence-corrected chi connectivity index (χ0v) is 7.13. The third kappa shape index (κ3) is 1.12. The van der Waals surface area contributed by atoms with Crippen molar-refractivity contribution in [2.75, 3.05) is 5.75 Å². The van der Waals surface area contributed by atoms with Crippen LogP contribution in [0.1, 0.15) is 6.42 Å². The maximum absolute atomic E-state index is 11.3. The Morgan fingerprint density at radius 1 is 1.50 bits per heavy atom. The van der Waals surface area contributed by atoms with Crippen molar-refractivity contribution in [1.29, 1.82) is 0 Å². The zero-order valence-electron chi connectivity index (χ0n) is 6.32. The smallest absolute Gasteiger partial charge is 0.174 e. The second kappa shape index (κ2) is 2.86. The van der Waals surface area contributed by atoms with Gasteiger partial charge in [-0.05, 0) is 0 Å². The van der Waals surface area contributed by atoms with E-state index in [9.17, 15) is 9.59 Å². The molecular weight excluding hydrogens is 174 g/mol. The molecule has 3 nitrogen and oxygen atoms in total. The van der Waals surface area contributed by atoms with Gasteiger partial charge in [-0.15, -0.1) is 11.8 Å². The average Bonchev–Trinajstić information content (AvgIpc) is 2.04. The van der Waals surface area contributed by atoms with Crippen LogP contribution in [0.3, 0.4) is 0 Å². The molecule has 1 unspecified atom stereocenters. The summed E-state index contributed by atoms with van der Waals surface area (Å²) in [5, 5.41) is 0.679. The zero-order chi connectivity index (χ0) is 8.55.